The van der Waals surface area contributed by atoms with Gasteiger partial charge in [0.25, 0.3) is 0 Å². The molecular weight excluding hydrogens is 282 g/mol. The van der Waals surface area contributed by atoms with Gasteiger partial charge >= 0.3 is 0 Å². The van der Waals surface area contributed by atoms with Gasteiger partial charge in [-0.2, -0.15) is 11.3 Å². The molecule has 2 heterocycles. The van der Waals surface area contributed by atoms with Gasteiger partial charge in [0.15, 0.2) is 0 Å². The van der Waals surface area contributed by atoms with E-state index in [2.05, 4.69) is 10.1 Å². The molecule has 0 unspecified atom stereocenters. The van der Waals surface area contributed by atoms with Gasteiger partial charge in [0.1, 0.15) is 0 Å². The molecule has 6 heteroatoms. The fourth-order valence-electron chi connectivity index (χ4n) is 2.38. The first-order valence-corrected chi connectivity index (χ1v) is 9.23. The van der Waals surface area contributed by atoms with E-state index in [1.807, 2.05) is 18.4 Å². The minimum atomic E-state index is -3.19. The van der Waals surface area contributed by atoms with Crippen LogP contribution in [0.1, 0.15) is 25.3 Å². The van der Waals surface area contributed by atoms with Crippen LogP contribution in [0.2, 0.25) is 0 Å². The number of nitrogens with one attached hydrogen (secondary N) is 1. The van der Waals surface area contributed by atoms with Crippen molar-refractivity contribution in [3.8, 4) is 0 Å². The predicted octanol–water partition coefficient (Wildman–Crippen LogP) is 2.03. The third-order valence-corrected chi connectivity index (χ3v) is 5.70. The summed E-state index contributed by atoms with van der Waals surface area (Å²) in [4.78, 5) is 0. The van der Waals surface area contributed by atoms with Crippen LogP contribution >= 0.6 is 11.3 Å². The molecule has 1 aliphatic rings. The number of thiophene rings is 1. The Hall–Kier alpha value is -0.430. The van der Waals surface area contributed by atoms with E-state index in [4.69, 9.17) is 4.74 Å². The standard InChI is InChI=1S/C13H21NO3S2/c1-11(8-13-4-7-18-9-13)14-19(15,16)10-12-2-5-17-6-3-12/h4,7,9,11-12,14H,2-3,5-6,8,10H2,1H3/t11-/m0/s1. The molecule has 4 nitrogen and oxygen atoms in total. The van der Waals surface area contributed by atoms with Crippen molar-refractivity contribution in [2.24, 2.45) is 5.92 Å². The highest BCUT2D eigenvalue weighted by Gasteiger charge is 2.23. The summed E-state index contributed by atoms with van der Waals surface area (Å²) in [6.45, 7) is 3.29. The molecule has 1 aromatic rings. The van der Waals surface area contributed by atoms with Gasteiger partial charge < -0.3 is 4.74 Å². The van der Waals surface area contributed by atoms with E-state index in [1.165, 1.54) is 5.56 Å². The third-order valence-electron chi connectivity index (χ3n) is 3.30. The van der Waals surface area contributed by atoms with Gasteiger partial charge in [0.05, 0.1) is 5.75 Å². The largest absolute Gasteiger partial charge is 0.381 e. The van der Waals surface area contributed by atoms with Gasteiger partial charge in [-0.25, -0.2) is 13.1 Å². The van der Waals surface area contributed by atoms with Crippen LogP contribution in [-0.4, -0.2) is 33.4 Å². The van der Waals surface area contributed by atoms with Crippen molar-refractivity contribution in [2.45, 2.75) is 32.2 Å². The number of hydrogen-bond acceptors (Lipinski definition) is 4. The molecule has 0 spiro atoms. The van der Waals surface area contributed by atoms with Crippen LogP contribution in [-0.2, 0) is 21.2 Å². The van der Waals surface area contributed by atoms with E-state index in [0.29, 0.717) is 13.2 Å². The summed E-state index contributed by atoms with van der Waals surface area (Å²) in [6, 6.07) is 1.98. The molecule has 1 N–H and O–H groups in total. The maximum Gasteiger partial charge on any atom is 0.212 e. The summed E-state index contributed by atoms with van der Waals surface area (Å²) < 4.78 is 32.2. The normalized spacial score (nSPS) is 19.4. The minimum Gasteiger partial charge on any atom is -0.381 e. The Labute approximate surface area is 119 Å². The lowest BCUT2D eigenvalue weighted by Crippen LogP contribution is -2.38. The molecule has 0 bridgehead atoms. The molecule has 1 saturated heterocycles. The lowest BCUT2D eigenvalue weighted by atomic mass is 10.0. The lowest BCUT2D eigenvalue weighted by molar-refractivity contribution is 0.0723. The second kappa shape index (κ2) is 6.83. The molecule has 1 fully saturated rings. The molecule has 19 heavy (non-hydrogen) atoms. The van der Waals surface area contributed by atoms with Crippen LogP contribution in [0, 0.1) is 5.92 Å². The zero-order chi connectivity index (χ0) is 13.7. The van der Waals surface area contributed by atoms with Gasteiger partial charge in [0, 0.05) is 19.3 Å². The quantitative estimate of drug-likeness (QED) is 0.875. The zero-order valence-electron chi connectivity index (χ0n) is 11.2. The Kier molecular flexibility index (Phi) is 5.38. The van der Waals surface area contributed by atoms with Gasteiger partial charge in [-0.15, -0.1) is 0 Å². The predicted molar refractivity (Wildman–Crippen MR) is 78.0 cm³/mol. The molecule has 0 saturated carbocycles. The van der Waals surface area contributed by atoms with E-state index in [1.54, 1.807) is 11.3 Å². The molecule has 1 atom stereocenters. The van der Waals surface area contributed by atoms with Gasteiger partial charge in [-0.05, 0) is 54.5 Å². The lowest BCUT2D eigenvalue weighted by Gasteiger charge is -2.23. The average Bonchev–Trinajstić information content (AvgIpc) is 2.81. The summed E-state index contributed by atoms with van der Waals surface area (Å²) in [6.07, 6.45) is 2.44. The van der Waals surface area contributed by atoms with Gasteiger partial charge in [-0.1, -0.05) is 0 Å². The summed E-state index contributed by atoms with van der Waals surface area (Å²) in [5.74, 6) is 0.462. The van der Waals surface area contributed by atoms with Gasteiger partial charge in [-0.3, -0.25) is 0 Å². The first kappa shape index (κ1) is 15.0. The van der Waals surface area contributed by atoms with E-state index in [9.17, 15) is 8.42 Å². The van der Waals surface area contributed by atoms with E-state index < -0.39 is 10.0 Å². The Bertz CT molecular complexity index is 464. The first-order chi connectivity index (χ1) is 9.05. The molecule has 108 valence electrons. The van der Waals surface area contributed by atoms with Crippen molar-refractivity contribution in [2.75, 3.05) is 19.0 Å². The SMILES string of the molecule is C[C@@H](Cc1ccsc1)NS(=O)(=O)CC1CCOCC1. The Morgan fingerprint density at radius 2 is 2.21 bits per heavy atom. The summed E-state index contributed by atoms with van der Waals surface area (Å²) in [5.41, 5.74) is 1.19. The number of rotatable bonds is 6. The monoisotopic (exact) mass is 303 g/mol. The summed E-state index contributed by atoms with van der Waals surface area (Å²) in [5, 5.41) is 4.07. The zero-order valence-corrected chi connectivity index (χ0v) is 12.8. The van der Waals surface area contributed by atoms with E-state index in [-0.39, 0.29) is 17.7 Å². The maximum atomic E-state index is 12.1. The highest BCUT2D eigenvalue weighted by molar-refractivity contribution is 7.89. The molecule has 2 rings (SSSR count). The molecule has 0 radical (unpaired) electrons. The maximum absolute atomic E-state index is 12.1. The van der Waals surface area contributed by atoms with Crippen LogP contribution in [0.25, 0.3) is 0 Å². The Morgan fingerprint density at radius 3 is 2.84 bits per heavy atom. The first-order valence-electron chi connectivity index (χ1n) is 6.64. The van der Waals surface area contributed by atoms with Crippen LogP contribution in [0.4, 0.5) is 0 Å². The number of hydrogen-bond donors (Lipinski definition) is 1. The van der Waals surface area contributed by atoms with Gasteiger partial charge in [0.2, 0.25) is 10.0 Å². The average molecular weight is 303 g/mol. The smallest absolute Gasteiger partial charge is 0.212 e. The topological polar surface area (TPSA) is 55.4 Å². The van der Waals surface area contributed by atoms with E-state index in [0.717, 1.165) is 19.3 Å². The second-order valence-corrected chi connectivity index (χ2v) is 7.77. The van der Waals surface area contributed by atoms with Crippen molar-refractivity contribution in [3.63, 3.8) is 0 Å². The van der Waals surface area contributed by atoms with Crippen molar-refractivity contribution in [1.82, 2.24) is 4.72 Å². The molecule has 0 aromatic carbocycles. The fourth-order valence-corrected chi connectivity index (χ4v) is 4.81. The van der Waals surface area contributed by atoms with Crippen LogP contribution in [0.3, 0.4) is 0 Å². The highest BCUT2D eigenvalue weighted by atomic mass is 32.2. The van der Waals surface area contributed by atoms with Crippen LogP contribution in [0.5, 0.6) is 0 Å². The fraction of sp³-hybridized carbons (Fsp3) is 0.692. The van der Waals surface area contributed by atoms with Crippen LogP contribution in [0.15, 0.2) is 16.8 Å². The van der Waals surface area contributed by atoms with Crippen molar-refractivity contribution >= 4 is 21.4 Å². The van der Waals surface area contributed by atoms with Crippen molar-refractivity contribution < 1.29 is 13.2 Å². The molecule has 0 amide bonds. The third kappa shape index (κ3) is 5.22. The summed E-state index contributed by atoms with van der Waals surface area (Å²) >= 11 is 1.64. The molecule has 1 aliphatic heterocycles. The van der Waals surface area contributed by atoms with Crippen LogP contribution < -0.4 is 4.72 Å². The Balaban J connectivity index is 1.82. The van der Waals surface area contributed by atoms with Crippen molar-refractivity contribution in [3.05, 3.63) is 22.4 Å². The highest BCUT2D eigenvalue weighted by Crippen LogP contribution is 2.17. The molecular formula is C13H21NO3S2. The van der Waals surface area contributed by atoms with E-state index >= 15 is 0 Å². The second-order valence-electron chi connectivity index (χ2n) is 5.19. The summed E-state index contributed by atoms with van der Waals surface area (Å²) in [7, 11) is -3.19. The Morgan fingerprint density at radius 1 is 1.47 bits per heavy atom. The molecule has 0 aliphatic carbocycles. The minimum absolute atomic E-state index is 0.0561. The number of ether oxygens (including phenoxy) is 1. The van der Waals surface area contributed by atoms with Crippen molar-refractivity contribution in [1.29, 1.82) is 0 Å². The number of sulfonamides is 1. The molecule has 1 aromatic heterocycles.